The lowest BCUT2D eigenvalue weighted by Gasteiger charge is -2.12. The van der Waals surface area contributed by atoms with Gasteiger partial charge in [0, 0.05) is 6.20 Å². The Kier molecular flexibility index (Phi) is 3.20. The topological polar surface area (TPSA) is 33.1 Å². The number of pyridine rings is 1. The van der Waals surface area contributed by atoms with Crippen LogP contribution in [0.4, 0.5) is 4.39 Å². The lowest BCUT2D eigenvalue weighted by molar-refractivity contribution is 0.209. The largest absolute Gasteiger partial charge is 0.382 e. The van der Waals surface area contributed by atoms with E-state index < -0.39 is 11.9 Å². The third-order valence-electron chi connectivity index (χ3n) is 2.89. The SMILES string of the molecule is Cc1ccc(C(O)c2ncccc2F)cc1C. The highest BCUT2D eigenvalue weighted by atomic mass is 19.1. The van der Waals surface area contributed by atoms with Crippen LogP contribution in [0.3, 0.4) is 0 Å². The molecule has 0 saturated heterocycles. The molecule has 17 heavy (non-hydrogen) atoms. The number of rotatable bonds is 2. The van der Waals surface area contributed by atoms with E-state index in [0.29, 0.717) is 5.56 Å². The molecule has 2 aromatic rings. The van der Waals surface area contributed by atoms with Crippen LogP contribution in [-0.2, 0) is 0 Å². The highest BCUT2D eigenvalue weighted by Crippen LogP contribution is 2.23. The summed E-state index contributed by atoms with van der Waals surface area (Å²) >= 11 is 0. The molecular weight excluding hydrogens is 217 g/mol. The van der Waals surface area contributed by atoms with E-state index in [-0.39, 0.29) is 5.69 Å². The number of nitrogens with zero attached hydrogens (tertiary/aromatic N) is 1. The van der Waals surface area contributed by atoms with E-state index in [0.717, 1.165) is 11.1 Å². The Morgan fingerprint density at radius 1 is 1.18 bits per heavy atom. The molecule has 1 N–H and O–H groups in total. The maximum atomic E-state index is 13.5. The molecular formula is C14H14FNO. The fourth-order valence-corrected chi connectivity index (χ4v) is 1.69. The third kappa shape index (κ3) is 2.34. The van der Waals surface area contributed by atoms with E-state index in [9.17, 15) is 9.50 Å². The second-order valence-corrected chi connectivity index (χ2v) is 4.12. The van der Waals surface area contributed by atoms with E-state index in [4.69, 9.17) is 0 Å². The number of aryl methyl sites for hydroxylation is 2. The van der Waals surface area contributed by atoms with Crippen LogP contribution in [0.5, 0.6) is 0 Å². The zero-order chi connectivity index (χ0) is 12.4. The molecule has 0 aliphatic rings. The van der Waals surface area contributed by atoms with Crippen molar-refractivity contribution < 1.29 is 9.50 Å². The molecule has 0 fully saturated rings. The molecule has 3 heteroatoms. The molecule has 0 aliphatic heterocycles. The monoisotopic (exact) mass is 231 g/mol. The number of aliphatic hydroxyl groups is 1. The Hall–Kier alpha value is -1.74. The van der Waals surface area contributed by atoms with Crippen LogP contribution in [-0.4, -0.2) is 10.1 Å². The summed E-state index contributed by atoms with van der Waals surface area (Å²) in [6.45, 7) is 3.95. The summed E-state index contributed by atoms with van der Waals surface area (Å²) in [7, 11) is 0. The van der Waals surface area contributed by atoms with Crippen LogP contribution < -0.4 is 0 Å². The van der Waals surface area contributed by atoms with Gasteiger partial charge in [0.2, 0.25) is 0 Å². The molecule has 1 aromatic carbocycles. The van der Waals surface area contributed by atoms with E-state index >= 15 is 0 Å². The number of hydrogen-bond donors (Lipinski definition) is 1. The molecule has 0 radical (unpaired) electrons. The molecule has 1 atom stereocenters. The summed E-state index contributed by atoms with van der Waals surface area (Å²) in [5, 5.41) is 10.1. The average Bonchev–Trinajstić information content (AvgIpc) is 2.32. The summed E-state index contributed by atoms with van der Waals surface area (Å²) in [6, 6.07) is 8.36. The van der Waals surface area contributed by atoms with E-state index in [1.807, 2.05) is 26.0 Å². The van der Waals surface area contributed by atoms with Gasteiger partial charge >= 0.3 is 0 Å². The Morgan fingerprint density at radius 3 is 2.59 bits per heavy atom. The molecule has 0 aliphatic carbocycles. The van der Waals surface area contributed by atoms with Crippen molar-refractivity contribution in [3.8, 4) is 0 Å². The van der Waals surface area contributed by atoms with Crippen molar-refractivity contribution in [3.63, 3.8) is 0 Å². The molecule has 0 bridgehead atoms. The number of aliphatic hydroxyl groups excluding tert-OH is 1. The van der Waals surface area contributed by atoms with E-state index in [1.165, 1.54) is 18.3 Å². The first-order valence-electron chi connectivity index (χ1n) is 5.45. The summed E-state index contributed by atoms with van der Waals surface area (Å²) in [5.41, 5.74) is 2.93. The normalized spacial score (nSPS) is 12.5. The zero-order valence-electron chi connectivity index (χ0n) is 9.81. The lowest BCUT2D eigenvalue weighted by atomic mass is 10.0. The van der Waals surface area contributed by atoms with Crippen molar-refractivity contribution in [3.05, 3.63) is 64.7 Å². The minimum absolute atomic E-state index is 0.0655. The first kappa shape index (κ1) is 11.7. The van der Waals surface area contributed by atoms with Crippen molar-refractivity contribution in [2.24, 2.45) is 0 Å². The molecule has 1 aromatic heterocycles. The van der Waals surface area contributed by atoms with Gasteiger partial charge in [0.15, 0.2) is 0 Å². The minimum Gasteiger partial charge on any atom is -0.382 e. The van der Waals surface area contributed by atoms with Gasteiger partial charge in [0.1, 0.15) is 17.6 Å². The predicted molar refractivity (Wildman–Crippen MR) is 64.2 cm³/mol. The summed E-state index contributed by atoms with van der Waals surface area (Å²) < 4.78 is 13.5. The van der Waals surface area contributed by atoms with Crippen LogP contribution in [0.15, 0.2) is 36.5 Å². The average molecular weight is 231 g/mol. The highest BCUT2D eigenvalue weighted by molar-refractivity contribution is 5.34. The van der Waals surface area contributed by atoms with Gasteiger partial charge in [-0.1, -0.05) is 18.2 Å². The summed E-state index contributed by atoms with van der Waals surface area (Å²) in [4.78, 5) is 3.88. The molecule has 2 nitrogen and oxygen atoms in total. The van der Waals surface area contributed by atoms with Gasteiger partial charge in [0.05, 0.1) is 0 Å². The lowest BCUT2D eigenvalue weighted by Crippen LogP contribution is -2.05. The van der Waals surface area contributed by atoms with E-state index in [1.54, 1.807) is 6.07 Å². The van der Waals surface area contributed by atoms with Crippen LogP contribution in [0.25, 0.3) is 0 Å². The number of hydrogen-bond acceptors (Lipinski definition) is 2. The van der Waals surface area contributed by atoms with Gasteiger partial charge in [-0.15, -0.1) is 0 Å². The van der Waals surface area contributed by atoms with Crippen LogP contribution in [0.1, 0.15) is 28.5 Å². The molecule has 0 spiro atoms. The van der Waals surface area contributed by atoms with Crippen LogP contribution in [0.2, 0.25) is 0 Å². The van der Waals surface area contributed by atoms with E-state index in [2.05, 4.69) is 4.98 Å². The van der Waals surface area contributed by atoms with Gasteiger partial charge in [-0.25, -0.2) is 4.39 Å². The molecule has 0 saturated carbocycles. The maximum absolute atomic E-state index is 13.5. The molecule has 88 valence electrons. The fraction of sp³-hybridized carbons (Fsp3) is 0.214. The second-order valence-electron chi connectivity index (χ2n) is 4.12. The highest BCUT2D eigenvalue weighted by Gasteiger charge is 2.16. The Labute approximate surface area is 99.8 Å². The second kappa shape index (κ2) is 4.63. The summed E-state index contributed by atoms with van der Waals surface area (Å²) in [5.74, 6) is -0.488. The Bertz CT molecular complexity index is 539. The first-order valence-corrected chi connectivity index (χ1v) is 5.45. The zero-order valence-corrected chi connectivity index (χ0v) is 9.81. The third-order valence-corrected chi connectivity index (χ3v) is 2.89. The first-order chi connectivity index (χ1) is 8.09. The van der Waals surface area contributed by atoms with Crippen LogP contribution in [0, 0.1) is 19.7 Å². The molecule has 1 heterocycles. The van der Waals surface area contributed by atoms with Gasteiger partial charge < -0.3 is 5.11 Å². The van der Waals surface area contributed by atoms with Crippen molar-refractivity contribution in [1.82, 2.24) is 4.98 Å². The van der Waals surface area contributed by atoms with Gasteiger partial charge in [-0.05, 0) is 42.7 Å². The molecule has 0 amide bonds. The quantitative estimate of drug-likeness (QED) is 0.862. The standard InChI is InChI=1S/C14H14FNO/c1-9-5-6-11(8-10(9)2)14(17)13-12(15)4-3-7-16-13/h3-8,14,17H,1-2H3. The molecule has 1 unspecified atom stereocenters. The van der Waals surface area contributed by atoms with Crippen molar-refractivity contribution in [1.29, 1.82) is 0 Å². The van der Waals surface area contributed by atoms with Gasteiger partial charge in [-0.3, -0.25) is 4.98 Å². The minimum atomic E-state index is -1.02. The fourth-order valence-electron chi connectivity index (χ4n) is 1.69. The van der Waals surface area contributed by atoms with Crippen molar-refractivity contribution in [2.45, 2.75) is 20.0 Å². The smallest absolute Gasteiger partial charge is 0.147 e. The number of aromatic nitrogens is 1. The molecule has 2 rings (SSSR count). The number of halogens is 1. The van der Waals surface area contributed by atoms with Gasteiger partial charge in [-0.2, -0.15) is 0 Å². The van der Waals surface area contributed by atoms with Gasteiger partial charge in [0.25, 0.3) is 0 Å². The Balaban J connectivity index is 2.40. The maximum Gasteiger partial charge on any atom is 0.147 e. The van der Waals surface area contributed by atoms with Crippen LogP contribution >= 0.6 is 0 Å². The van der Waals surface area contributed by atoms with Crippen molar-refractivity contribution >= 4 is 0 Å². The Morgan fingerprint density at radius 2 is 1.94 bits per heavy atom. The predicted octanol–water partition coefficient (Wildman–Crippen LogP) is 2.92. The van der Waals surface area contributed by atoms with Crippen molar-refractivity contribution in [2.75, 3.05) is 0 Å². The summed E-state index contributed by atoms with van der Waals surface area (Å²) in [6.07, 6.45) is 0.457. The number of benzene rings is 1.